The van der Waals surface area contributed by atoms with Crippen molar-refractivity contribution in [2.75, 3.05) is 39.2 Å². The smallest absolute Gasteiger partial charge is 0.193 e. The molecule has 0 radical (unpaired) electrons. The van der Waals surface area contributed by atoms with Crippen LogP contribution < -0.4 is 20.5 Å². The lowest BCUT2D eigenvalue weighted by atomic mass is 10.1. The molecule has 3 rings (SSSR count). The molecule has 1 heterocycles. The van der Waals surface area contributed by atoms with E-state index in [-0.39, 0.29) is 30.0 Å². The van der Waals surface area contributed by atoms with Gasteiger partial charge in [-0.3, -0.25) is 9.89 Å². The fourth-order valence-corrected chi connectivity index (χ4v) is 3.68. The minimum atomic E-state index is 0. The van der Waals surface area contributed by atoms with Crippen LogP contribution in [0.4, 0.5) is 5.69 Å². The van der Waals surface area contributed by atoms with Gasteiger partial charge in [0.2, 0.25) is 0 Å². The van der Waals surface area contributed by atoms with Crippen molar-refractivity contribution in [2.24, 2.45) is 10.7 Å². The molecule has 1 unspecified atom stereocenters. The molecule has 0 aliphatic carbocycles. The lowest BCUT2D eigenvalue weighted by Crippen LogP contribution is -2.30. The van der Waals surface area contributed by atoms with Crippen molar-refractivity contribution in [3.05, 3.63) is 53.1 Å². The van der Waals surface area contributed by atoms with Gasteiger partial charge in [0.15, 0.2) is 17.5 Å². The summed E-state index contributed by atoms with van der Waals surface area (Å²) < 4.78 is 10.6. The number of ether oxygens (including phenoxy) is 2. The van der Waals surface area contributed by atoms with E-state index in [9.17, 15) is 0 Å². The minimum Gasteiger partial charge on any atom is -0.493 e. The van der Waals surface area contributed by atoms with Crippen LogP contribution in [-0.2, 0) is 0 Å². The fraction of sp³-hybridized carbons (Fsp3) is 0.381. The first-order chi connectivity index (χ1) is 13.6. The average Bonchev–Trinajstić information content (AvgIpc) is 3.22. The Morgan fingerprint density at radius 1 is 1.14 bits per heavy atom. The number of rotatable bonds is 7. The standard InChI is InChI=1S/C21H27ClN4O2.HI/c1-27-19-9-8-17(13-20(19)28-2)25-21(23)24-14-18(26-10-3-4-11-26)15-6-5-7-16(22)12-15;/h5-9,12-13,18H,3-4,10-11,14H2,1-2H3,(H3,23,24,25);1H. The van der Waals surface area contributed by atoms with E-state index in [1.54, 1.807) is 14.2 Å². The van der Waals surface area contributed by atoms with Crippen molar-refractivity contribution < 1.29 is 9.47 Å². The average molecular weight is 531 g/mol. The maximum Gasteiger partial charge on any atom is 0.193 e. The summed E-state index contributed by atoms with van der Waals surface area (Å²) in [7, 11) is 3.21. The van der Waals surface area contributed by atoms with E-state index in [1.165, 1.54) is 12.8 Å². The van der Waals surface area contributed by atoms with Crippen LogP contribution in [0.25, 0.3) is 0 Å². The second-order valence-corrected chi connectivity index (χ2v) is 7.17. The Hall–Kier alpha value is -1.71. The number of hydrogen-bond acceptors (Lipinski definition) is 4. The quantitative estimate of drug-likeness (QED) is 0.312. The van der Waals surface area contributed by atoms with E-state index in [0.717, 1.165) is 29.4 Å². The molecule has 0 aromatic heterocycles. The van der Waals surface area contributed by atoms with Crippen LogP contribution in [0.5, 0.6) is 11.5 Å². The lowest BCUT2D eigenvalue weighted by molar-refractivity contribution is 0.252. The zero-order valence-corrected chi connectivity index (χ0v) is 19.8. The zero-order chi connectivity index (χ0) is 19.9. The van der Waals surface area contributed by atoms with Crippen molar-refractivity contribution in [1.82, 2.24) is 4.90 Å². The lowest BCUT2D eigenvalue weighted by Gasteiger charge is -2.27. The Bertz CT molecular complexity index is 828. The third-order valence-electron chi connectivity index (χ3n) is 4.91. The van der Waals surface area contributed by atoms with E-state index in [0.29, 0.717) is 24.0 Å². The van der Waals surface area contributed by atoms with Gasteiger partial charge in [-0.2, -0.15) is 0 Å². The molecule has 0 bridgehead atoms. The molecule has 2 aromatic rings. The van der Waals surface area contributed by atoms with Gasteiger partial charge < -0.3 is 20.5 Å². The van der Waals surface area contributed by atoms with Crippen LogP contribution in [-0.4, -0.2) is 44.7 Å². The summed E-state index contributed by atoms with van der Waals surface area (Å²) >= 11 is 6.21. The third-order valence-corrected chi connectivity index (χ3v) is 5.14. The molecular formula is C21H28ClIN4O2. The van der Waals surface area contributed by atoms with Gasteiger partial charge in [-0.25, -0.2) is 0 Å². The van der Waals surface area contributed by atoms with Crippen LogP contribution >= 0.6 is 35.6 Å². The van der Waals surface area contributed by atoms with Crippen molar-refractivity contribution in [1.29, 1.82) is 0 Å². The van der Waals surface area contributed by atoms with Gasteiger partial charge in [-0.1, -0.05) is 23.7 Å². The predicted molar refractivity (Wildman–Crippen MR) is 130 cm³/mol. The topological polar surface area (TPSA) is 72.1 Å². The number of nitrogens with two attached hydrogens (primary N) is 1. The summed E-state index contributed by atoms with van der Waals surface area (Å²) in [5.74, 6) is 1.66. The van der Waals surface area contributed by atoms with Crippen LogP contribution in [0.2, 0.25) is 5.02 Å². The Morgan fingerprint density at radius 3 is 2.52 bits per heavy atom. The summed E-state index contributed by atoms with van der Waals surface area (Å²) in [6.45, 7) is 2.69. The number of aliphatic imine (C=N–C) groups is 1. The zero-order valence-electron chi connectivity index (χ0n) is 16.7. The van der Waals surface area contributed by atoms with Crippen molar-refractivity contribution >= 4 is 47.2 Å². The Morgan fingerprint density at radius 2 is 1.86 bits per heavy atom. The van der Waals surface area contributed by atoms with E-state index >= 15 is 0 Å². The van der Waals surface area contributed by atoms with Crippen LogP contribution in [0.3, 0.4) is 0 Å². The van der Waals surface area contributed by atoms with Gasteiger partial charge >= 0.3 is 0 Å². The molecule has 0 spiro atoms. The molecule has 29 heavy (non-hydrogen) atoms. The Labute approximate surface area is 194 Å². The SMILES string of the molecule is COc1ccc(NC(N)=NCC(c2cccc(Cl)c2)N2CCCC2)cc1OC.I. The molecule has 8 heteroatoms. The van der Waals surface area contributed by atoms with Gasteiger partial charge in [0.25, 0.3) is 0 Å². The van der Waals surface area contributed by atoms with E-state index in [2.05, 4.69) is 21.3 Å². The largest absolute Gasteiger partial charge is 0.493 e. The van der Waals surface area contributed by atoms with Crippen molar-refractivity contribution in [3.8, 4) is 11.5 Å². The van der Waals surface area contributed by atoms with Gasteiger partial charge in [-0.15, -0.1) is 24.0 Å². The molecule has 0 saturated carbocycles. The number of halogens is 2. The molecule has 6 nitrogen and oxygen atoms in total. The first-order valence-electron chi connectivity index (χ1n) is 9.39. The maximum atomic E-state index is 6.21. The second-order valence-electron chi connectivity index (χ2n) is 6.73. The highest BCUT2D eigenvalue weighted by Gasteiger charge is 2.23. The van der Waals surface area contributed by atoms with Gasteiger partial charge in [-0.05, 0) is 55.8 Å². The highest BCUT2D eigenvalue weighted by molar-refractivity contribution is 14.0. The molecule has 1 aliphatic heterocycles. The molecule has 3 N–H and O–H groups in total. The minimum absolute atomic E-state index is 0. The molecule has 1 aliphatic rings. The van der Waals surface area contributed by atoms with Gasteiger partial charge in [0.1, 0.15) is 0 Å². The van der Waals surface area contributed by atoms with Gasteiger partial charge in [0, 0.05) is 16.8 Å². The summed E-state index contributed by atoms with van der Waals surface area (Å²) in [5, 5.41) is 3.86. The number of methoxy groups -OCH3 is 2. The normalized spacial score (nSPS) is 15.5. The molecule has 0 amide bonds. The number of nitrogens with one attached hydrogen (secondary N) is 1. The first kappa shape index (κ1) is 23.6. The monoisotopic (exact) mass is 530 g/mol. The number of guanidine groups is 1. The number of nitrogens with zero attached hydrogens (tertiary/aromatic N) is 2. The summed E-state index contributed by atoms with van der Waals surface area (Å²) in [6.07, 6.45) is 2.42. The molecule has 1 fully saturated rings. The van der Waals surface area contributed by atoms with Crippen LogP contribution in [0.1, 0.15) is 24.4 Å². The van der Waals surface area contributed by atoms with E-state index < -0.39 is 0 Å². The van der Waals surface area contributed by atoms with Gasteiger partial charge in [0.05, 0.1) is 26.8 Å². The Balaban J connectivity index is 0.00000300. The van der Waals surface area contributed by atoms with Crippen molar-refractivity contribution in [3.63, 3.8) is 0 Å². The summed E-state index contributed by atoms with van der Waals surface area (Å²) in [5.41, 5.74) is 8.10. The number of hydrogen-bond donors (Lipinski definition) is 2. The highest BCUT2D eigenvalue weighted by Crippen LogP contribution is 2.30. The van der Waals surface area contributed by atoms with Crippen LogP contribution in [0.15, 0.2) is 47.5 Å². The Kier molecular flexibility index (Phi) is 9.32. The molecular weight excluding hydrogens is 503 g/mol. The van der Waals surface area contributed by atoms with Crippen molar-refractivity contribution in [2.45, 2.75) is 18.9 Å². The number of benzene rings is 2. The highest BCUT2D eigenvalue weighted by atomic mass is 127. The molecule has 2 aromatic carbocycles. The number of likely N-dealkylation sites (tertiary alicyclic amines) is 1. The molecule has 1 atom stereocenters. The molecule has 1 saturated heterocycles. The predicted octanol–water partition coefficient (Wildman–Crippen LogP) is 4.54. The summed E-state index contributed by atoms with van der Waals surface area (Å²) in [6, 6.07) is 13.7. The number of anilines is 1. The first-order valence-corrected chi connectivity index (χ1v) is 9.77. The third kappa shape index (κ3) is 6.38. The fourth-order valence-electron chi connectivity index (χ4n) is 3.49. The second kappa shape index (κ2) is 11.5. The summed E-state index contributed by atoms with van der Waals surface area (Å²) in [4.78, 5) is 7.04. The molecule has 158 valence electrons. The maximum absolute atomic E-state index is 6.21. The van der Waals surface area contributed by atoms with E-state index in [4.69, 9.17) is 26.8 Å². The van der Waals surface area contributed by atoms with Crippen LogP contribution in [0, 0.1) is 0 Å². The van der Waals surface area contributed by atoms with E-state index in [1.807, 2.05) is 36.4 Å².